The quantitative estimate of drug-likeness (QED) is 0.842. The maximum Gasteiger partial charge on any atom is 0.133 e. The zero-order valence-electron chi connectivity index (χ0n) is 12.2. The van der Waals surface area contributed by atoms with Crippen LogP contribution in [-0.4, -0.2) is 39.4 Å². The molecule has 1 aliphatic heterocycles. The fourth-order valence-corrected chi connectivity index (χ4v) is 2.81. The number of hydrogen-bond donors (Lipinski definition) is 0. The zero-order valence-corrected chi connectivity index (χ0v) is 12.2. The van der Waals surface area contributed by atoms with Gasteiger partial charge in [0.1, 0.15) is 5.76 Å². The van der Waals surface area contributed by atoms with Crippen molar-refractivity contribution in [1.82, 2.24) is 19.6 Å². The first-order valence-electron chi connectivity index (χ1n) is 6.81. The average molecular weight is 276 g/mol. The molecule has 0 saturated heterocycles. The lowest BCUT2D eigenvalue weighted by atomic mass is 10.0. The molecule has 0 N–H and O–H groups in total. The third-order valence-corrected chi connectivity index (χ3v) is 3.84. The normalized spacial score (nSPS) is 19.2. The van der Waals surface area contributed by atoms with Gasteiger partial charge in [0.15, 0.2) is 0 Å². The fourth-order valence-electron chi connectivity index (χ4n) is 2.81. The molecule has 0 radical (unpaired) electrons. The Bertz CT molecular complexity index is 590. The van der Waals surface area contributed by atoms with E-state index >= 15 is 0 Å². The van der Waals surface area contributed by atoms with Gasteiger partial charge in [0.25, 0.3) is 0 Å². The number of hydrogen-bond acceptors (Lipinski definition) is 5. The standard InChI is InChI=1S/C14H20N4O2/c1-10-4-11(16-20-10)6-18-7-13-14(17(2)9-15-13)5-12(18)8-19-3/h4,9,12H,5-8H2,1-3H3. The van der Waals surface area contributed by atoms with Crippen molar-refractivity contribution in [2.45, 2.75) is 32.5 Å². The van der Waals surface area contributed by atoms with Gasteiger partial charge in [-0.3, -0.25) is 4.90 Å². The van der Waals surface area contributed by atoms with Gasteiger partial charge in [-0.05, 0) is 6.92 Å². The Hall–Kier alpha value is -1.66. The molecule has 3 rings (SSSR count). The van der Waals surface area contributed by atoms with Crippen molar-refractivity contribution in [3.05, 3.63) is 35.2 Å². The number of fused-ring (bicyclic) bond motifs is 1. The lowest BCUT2D eigenvalue weighted by molar-refractivity contribution is 0.0685. The third-order valence-electron chi connectivity index (χ3n) is 3.84. The van der Waals surface area contributed by atoms with Crippen LogP contribution < -0.4 is 0 Å². The SMILES string of the molecule is COCC1Cc2c(ncn2C)CN1Cc1cc(C)on1. The summed E-state index contributed by atoms with van der Waals surface area (Å²) >= 11 is 0. The molecule has 1 unspecified atom stereocenters. The molecule has 20 heavy (non-hydrogen) atoms. The van der Waals surface area contributed by atoms with Crippen molar-refractivity contribution in [2.24, 2.45) is 7.05 Å². The van der Waals surface area contributed by atoms with Crippen molar-refractivity contribution in [1.29, 1.82) is 0 Å². The van der Waals surface area contributed by atoms with Gasteiger partial charge < -0.3 is 13.8 Å². The Morgan fingerprint density at radius 2 is 2.35 bits per heavy atom. The fraction of sp³-hybridized carbons (Fsp3) is 0.571. The van der Waals surface area contributed by atoms with Crippen LogP contribution in [0.15, 0.2) is 16.9 Å². The molecule has 6 heteroatoms. The number of aromatic nitrogens is 3. The van der Waals surface area contributed by atoms with E-state index in [4.69, 9.17) is 9.26 Å². The van der Waals surface area contributed by atoms with Gasteiger partial charge in [0.2, 0.25) is 0 Å². The summed E-state index contributed by atoms with van der Waals surface area (Å²) in [5.41, 5.74) is 3.42. The second-order valence-electron chi connectivity index (χ2n) is 5.40. The summed E-state index contributed by atoms with van der Waals surface area (Å²) in [4.78, 5) is 6.84. The Labute approximate surface area is 118 Å². The van der Waals surface area contributed by atoms with Crippen LogP contribution in [0, 0.1) is 6.92 Å². The highest BCUT2D eigenvalue weighted by molar-refractivity contribution is 5.18. The van der Waals surface area contributed by atoms with Crippen LogP contribution in [0.4, 0.5) is 0 Å². The summed E-state index contributed by atoms with van der Waals surface area (Å²) in [6.45, 7) is 4.22. The molecule has 1 atom stereocenters. The van der Waals surface area contributed by atoms with Crippen LogP contribution in [0.2, 0.25) is 0 Å². The van der Waals surface area contributed by atoms with Gasteiger partial charge in [0, 0.05) is 51.5 Å². The molecule has 0 fully saturated rings. The first-order chi connectivity index (χ1) is 9.67. The van der Waals surface area contributed by atoms with E-state index in [2.05, 4.69) is 19.6 Å². The monoisotopic (exact) mass is 276 g/mol. The molecule has 0 bridgehead atoms. The molecular formula is C14H20N4O2. The molecule has 0 aliphatic carbocycles. The Kier molecular flexibility index (Phi) is 3.58. The third kappa shape index (κ3) is 2.48. The van der Waals surface area contributed by atoms with Gasteiger partial charge >= 0.3 is 0 Å². The number of imidazole rings is 1. The summed E-state index contributed by atoms with van der Waals surface area (Å²) in [5, 5.41) is 4.08. The van der Waals surface area contributed by atoms with Crippen molar-refractivity contribution in [2.75, 3.05) is 13.7 Å². The largest absolute Gasteiger partial charge is 0.383 e. The van der Waals surface area contributed by atoms with E-state index in [0.29, 0.717) is 12.6 Å². The van der Waals surface area contributed by atoms with Crippen LogP contribution >= 0.6 is 0 Å². The molecular weight excluding hydrogens is 256 g/mol. The van der Waals surface area contributed by atoms with E-state index < -0.39 is 0 Å². The molecule has 1 aliphatic rings. The van der Waals surface area contributed by atoms with E-state index in [0.717, 1.165) is 36.7 Å². The summed E-state index contributed by atoms with van der Waals surface area (Å²) < 4.78 is 12.6. The molecule has 0 spiro atoms. The zero-order chi connectivity index (χ0) is 14.1. The maximum atomic E-state index is 5.37. The molecule has 108 valence electrons. The van der Waals surface area contributed by atoms with Crippen molar-refractivity contribution >= 4 is 0 Å². The molecule has 2 aromatic heterocycles. The number of nitrogens with zero attached hydrogens (tertiary/aromatic N) is 4. The second kappa shape index (κ2) is 5.38. The van der Waals surface area contributed by atoms with E-state index in [1.165, 1.54) is 5.69 Å². The first-order valence-corrected chi connectivity index (χ1v) is 6.81. The Morgan fingerprint density at radius 3 is 3.05 bits per heavy atom. The van der Waals surface area contributed by atoms with Crippen LogP contribution in [0.3, 0.4) is 0 Å². The molecule has 6 nitrogen and oxygen atoms in total. The van der Waals surface area contributed by atoms with Crippen LogP contribution in [0.25, 0.3) is 0 Å². The minimum Gasteiger partial charge on any atom is -0.383 e. The molecule has 0 saturated carbocycles. The van der Waals surface area contributed by atoms with Gasteiger partial charge in [-0.25, -0.2) is 4.98 Å². The number of methoxy groups -OCH3 is 1. The molecule has 0 aromatic carbocycles. The van der Waals surface area contributed by atoms with Crippen molar-refractivity contribution in [3.8, 4) is 0 Å². The number of ether oxygens (including phenoxy) is 1. The predicted molar refractivity (Wildman–Crippen MR) is 73.1 cm³/mol. The van der Waals surface area contributed by atoms with Crippen LogP contribution in [0.5, 0.6) is 0 Å². The molecule has 3 heterocycles. The number of aryl methyl sites for hydroxylation is 2. The molecule has 0 amide bonds. The summed E-state index contributed by atoms with van der Waals surface area (Å²) in [7, 11) is 3.80. The predicted octanol–water partition coefficient (Wildman–Crippen LogP) is 1.29. The summed E-state index contributed by atoms with van der Waals surface area (Å²) in [6, 6.07) is 2.33. The minimum atomic E-state index is 0.347. The minimum absolute atomic E-state index is 0.347. The smallest absolute Gasteiger partial charge is 0.133 e. The Balaban J connectivity index is 1.81. The van der Waals surface area contributed by atoms with E-state index in [-0.39, 0.29) is 0 Å². The topological polar surface area (TPSA) is 56.3 Å². The van der Waals surface area contributed by atoms with Crippen molar-refractivity contribution in [3.63, 3.8) is 0 Å². The molecule has 2 aromatic rings. The maximum absolute atomic E-state index is 5.37. The van der Waals surface area contributed by atoms with E-state index in [1.54, 1.807) is 7.11 Å². The summed E-state index contributed by atoms with van der Waals surface area (Å²) in [5.74, 6) is 0.846. The Morgan fingerprint density at radius 1 is 1.50 bits per heavy atom. The average Bonchev–Trinajstić information content (AvgIpc) is 2.98. The highest BCUT2D eigenvalue weighted by Gasteiger charge is 2.29. The lowest BCUT2D eigenvalue weighted by Crippen LogP contribution is -2.43. The second-order valence-corrected chi connectivity index (χ2v) is 5.40. The van der Waals surface area contributed by atoms with Crippen molar-refractivity contribution < 1.29 is 9.26 Å². The first kappa shape index (κ1) is 13.3. The summed E-state index contributed by atoms with van der Waals surface area (Å²) in [6.07, 6.45) is 2.84. The number of rotatable bonds is 4. The van der Waals surface area contributed by atoms with Crippen LogP contribution in [-0.2, 0) is 31.3 Å². The van der Waals surface area contributed by atoms with Gasteiger partial charge in [-0.2, -0.15) is 0 Å². The lowest BCUT2D eigenvalue weighted by Gasteiger charge is -2.34. The highest BCUT2D eigenvalue weighted by atomic mass is 16.5. The van der Waals surface area contributed by atoms with Crippen LogP contribution in [0.1, 0.15) is 22.8 Å². The highest BCUT2D eigenvalue weighted by Crippen LogP contribution is 2.24. The van der Waals surface area contributed by atoms with Gasteiger partial charge in [0.05, 0.1) is 24.3 Å². The van der Waals surface area contributed by atoms with Gasteiger partial charge in [-0.15, -0.1) is 0 Å². The van der Waals surface area contributed by atoms with Gasteiger partial charge in [-0.1, -0.05) is 5.16 Å². The van der Waals surface area contributed by atoms with E-state index in [1.807, 2.05) is 26.4 Å². The van der Waals surface area contributed by atoms with E-state index in [9.17, 15) is 0 Å².